The van der Waals surface area contributed by atoms with Crippen molar-refractivity contribution in [2.24, 2.45) is 0 Å². The zero-order valence-corrected chi connectivity index (χ0v) is 19.2. The molecule has 2 aliphatic rings. The van der Waals surface area contributed by atoms with Crippen molar-refractivity contribution in [3.63, 3.8) is 0 Å². The molecule has 0 bridgehead atoms. The van der Waals surface area contributed by atoms with E-state index >= 15 is 0 Å². The molecule has 1 saturated heterocycles. The fourth-order valence-electron chi connectivity index (χ4n) is 4.15. The number of aromatic nitrogens is 2. The van der Waals surface area contributed by atoms with Crippen LogP contribution in [0.2, 0.25) is 0 Å². The van der Waals surface area contributed by atoms with E-state index in [-0.39, 0.29) is 35.9 Å². The Labute approximate surface area is 196 Å². The van der Waals surface area contributed by atoms with Gasteiger partial charge in [-0.3, -0.25) is 9.59 Å². The Bertz CT molecular complexity index is 1400. The lowest BCUT2D eigenvalue weighted by atomic mass is 10.2. The van der Waals surface area contributed by atoms with Crippen molar-refractivity contribution in [1.29, 1.82) is 0 Å². The highest BCUT2D eigenvalue weighted by Gasteiger charge is 2.31. The first kappa shape index (κ1) is 22.4. The van der Waals surface area contributed by atoms with Crippen LogP contribution in [0.25, 0.3) is 10.9 Å². The Morgan fingerprint density at radius 2 is 1.74 bits per heavy atom. The SMILES string of the molecule is O=C(CCc1nc2ccccc2c(=O)[nH]1)N1CCN(S(=O)(=O)c2ccc3c(c2)OCCO3)CC1. The van der Waals surface area contributed by atoms with Crippen LogP contribution in [0.1, 0.15) is 12.2 Å². The highest BCUT2D eigenvalue weighted by atomic mass is 32.2. The Kier molecular flexibility index (Phi) is 5.96. The average Bonchev–Trinajstić information content (AvgIpc) is 2.87. The molecule has 3 aromatic rings. The summed E-state index contributed by atoms with van der Waals surface area (Å²) in [5.41, 5.74) is 0.359. The second kappa shape index (κ2) is 9.07. The number of carbonyl (C=O) groups is 1. The molecule has 5 rings (SSSR count). The van der Waals surface area contributed by atoms with E-state index in [4.69, 9.17) is 9.47 Å². The van der Waals surface area contributed by atoms with Crippen LogP contribution in [0.15, 0.2) is 52.2 Å². The van der Waals surface area contributed by atoms with Crippen LogP contribution in [-0.4, -0.2) is 72.9 Å². The topological polar surface area (TPSA) is 122 Å². The molecule has 3 heterocycles. The van der Waals surface area contributed by atoms with Crippen molar-refractivity contribution in [1.82, 2.24) is 19.2 Å². The molecule has 0 atom stereocenters. The third-order valence-electron chi connectivity index (χ3n) is 5.98. The quantitative estimate of drug-likeness (QED) is 0.577. The molecule has 1 N–H and O–H groups in total. The van der Waals surface area contributed by atoms with Gasteiger partial charge in [0, 0.05) is 45.1 Å². The van der Waals surface area contributed by atoms with Crippen LogP contribution in [0.4, 0.5) is 0 Å². The predicted molar refractivity (Wildman–Crippen MR) is 123 cm³/mol. The highest BCUT2D eigenvalue weighted by molar-refractivity contribution is 7.89. The number of piperazine rings is 1. The molecule has 11 heteroatoms. The van der Waals surface area contributed by atoms with Crippen molar-refractivity contribution in [2.75, 3.05) is 39.4 Å². The predicted octanol–water partition coefficient (Wildman–Crippen LogP) is 1.16. The van der Waals surface area contributed by atoms with Gasteiger partial charge in [-0.15, -0.1) is 0 Å². The summed E-state index contributed by atoms with van der Waals surface area (Å²) in [7, 11) is -3.72. The Morgan fingerprint density at radius 1 is 1.00 bits per heavy atom. The lowest BCUT2D eigenvalue weighted by molar-refractivity contribution is -0.132. The summed E-state index contributed by atoms with van der Waals surface area (Å²) in [4.78, 5) is 33.9. The van der Waals surface area contributed by atoms with Gasteiger partial charge in [0.05, 0.1) is 15.8 Å². The van der Waals surface area contributed by atoms with E-state index in [1.54, 1.807) is 29.2 Å². The number of rotatable bonds is 5. The van der Waals surface area contributed by atoms with E-state index in [2.05, 4.69) is 9.97 Å². The number of hydrogen-bond donors (Lipinski definition) is 1. The molecular formula is C23H24N4O6S. The fraction of sp³-hybridized carbons (Fsp3) is 0.348. The van der Waals surface area contributed by atoms with Gasteiger partial charge in [-0.2, -0.15) is 4.31 Å². The van der Waals surface area contributed by atoms with Crippen molar-refractivity contribution in [3.05, 3.63) is 58.6 Å². The number of nitrogens with one attached hydrogen (secondary N) is 1. The molecular weight excluding hydrogens is 460 g/mol. The number of aryl methyl sites for hydroxylation is 1. The number of para-hydroxylation sites is 1. The molecule has 10 nitrogen and oxygen atoms in total. The standard InChI is InChI=1S/C23H24N4O6S/c28-22(8-7-21-24-18-4-2-1-3-17(18)23(29)25-21)26-9-11-27(12-10-26)34(30,31)16-5-6-19-20(15-16)33-14-13-32-19/h1-6,15H,7-14H2,(H,24,25,29). The van der Waals surface area contributed by atoms with Gasteiger partial charge >= 0.3 is 0 Å². The molecule has 2 aliphatic heterocycles. The third-order valence-corrected chi connectivity index (χ3v) is 7.87. The smallest absolute Gasteiger partial charge is 0.258 e. The molecule has 0 radical (unpaired) electrons. The average molecular weight is 485 g/mol. The molecule has 1 fully saturated rings. The molecule has 1 amide bonds. The van der Waals surface area contributed by atoms with Crippen LogP contribution in [-0.2, 0) is 21.2 Å². The number of hydrogen-bond acceptors (Lipinski definition) is 7. The van der Waals surface area contributed by atoms with E-state index in [0.29, 0.717) is 61.0 Å². The van der Waals surface area contributed by atoms with Crippen LogP contribution < -0.4 is 15.0 Å². The van der Waals surface area contributed by atoms with Crippen molar-refractivity contribution >= 4 is 26.8 Å². The van der Waals surface area contributed by atoms with E-state index in [0.717, 1.165) is 0 Å². The minimum absolute atomic E-state index is 0.104. The maximum Gasteiger partial charge on any atom is 0.258 e. The number of amides is 1. The van der Waals surface area contributed by atoms with E-state index < -0.39 is 10.0 Å². The van der Waals surface area contributed by atoms with Crippen LogP contribution in [0.5, 0.6) is 11.5 Å². The Hall–Kier alpha value is -3.44. The molecule has 34 heavy (non-hydrogen) atoms. The first-order chi connectivity index (χ1) is 16.4. The van der Waals surface area contributed by atoms with Gasteiger partial charge in [0.15, 0.2) is 11.5 Å². The van der Waals surface area contributed by atoms with E-state index in [9.17, 15) is 18.0 Å². The molecule has 0 aliphatic carbocycles. The summed E-state index contributed by atoms with van der Waals surface area (Å²) in [6.07, 6.45) is 0.477. The maximum absolute atomic E-state index is 13.1. The van der Waals surface area contributed by atoms with Gasteiger partial charge in [-0.25, -0.2) is 13.4 Å². The lowest BCUT2D eigenvalue weighted by Crippen LogP contribution is -2.50. The number of fused-ring (bicyclic) bond motifs is 2. The largest absolute Gasteiger partial charge is 0.486 e. The number of carbonyl (C=O) groups excluding carboxylic acids is 1. The van der Waals surface area contributed by atoms with Gasteiger partial charge in [0.1, 0.15) is 19.0 Å². The van der Waals surface area contributed by atoms with Crippen molar-refractivity contribution in [2.45, 2.75) is 17.7 Å². The van der Waals surface area contributed by atoms with Gasteiger partial charge in [0.25, 0.3) is 5.56 Å². The van der Waals surface area contributed by atoms with Crippen LogP contribution in [0, 0.1) is 0 Å². The molecule has 1 aromatic heterocycles. The van der Waals surface area contributed by atoms with Crippen molar-refractivity contribution in [3.8, 4) is 11.5 Å². The van der Waals surface area contributed by atoms with Gasteiger partial charge < -0.3 is 19.4 Å². The number of benzene rings is 2. The maximum atomic E-state index is 13.1. The summed E-state index contributed by atoms with van der Waals surface area (Å²) in [5.74, 6) is 1.30. The zero-order chi connectivity index (χ0) is 23.7. The number of sulfonamides is 1. The van der Waals surface area contributed by atoms with Gasteiger partial charge in [0.2, 0.25) is 15.9 Å². The number of aromatic amines is 1. The van der Waals surface area contributed by atoms with E-state index in [1.165, 1.54) is 16.4 Å². The summed E-state index contributed by atoms with van der Waals surface area (Å²) < 4.78 is 38.5. The minimum Gasteiger partial charge on any atom is -0.486 e. The van der Waals surface area contributed by atoms with Crippen LogP contribution >= 0.6 is 0 Å². The number of H-pyrrole nitrogens is 1. The first-order valence-corrected chi connectivity index (χ1v) is 12.5. The molecule has 2 aromatic carbocycles. The third kappa shape index (κ3) is 4.36. The second-order valence-electron chi connectivity index (χ2n) is 8.12. The highest BCUT2D eigenvalue weighted by Crippen LogP contribution is 2.33. The Morgan fingerprint density at radius 3 is 2.53 bits per heavy atom. The lowest BCUT2D eigenvalue weighted by Gasteiger charge is -2.34. The molecule has 0 spiro atoms. The second-order valence-corrected chi connectivity index (χ2v) is 10.1. The van der Waals surface area contributed by atoms with Crippen LogP contribution in [0.3, 0.4) is 0 Å². The summed E-state index contributed by atoms with van der Waals surface area (Å²) in [6, 6.07) is 11.6. The normalized spacial score (nSPS) is 16.5. The summed E-state index contributed by atoms with van der Waals surface area (Å²) in [6.45, 7) is 1.80. The number of ether oxygens (including phenoxy) is 2. The molecule has 0 unspecified atom stereocenters. The summed E-state index contributed by atoms with van der Waals surface area (Å²) >= 11 is 0. The summed E-state index contributed by atoms with van der Waals surface area (Å²) in [5, 5.41) is 0.507. The zero-order valence-electron chi connectivity index (χ0n) is 18.4. The Balaban J connectivity index is 1.19. The number of nitrogens with zero attached hydrogens (tertiary/aromatic N) is 3. The van der Waals surface area contributed by atoms with Gasteiger partial charge in [-0.05, 0) is 24.3 Å². The van der Waals surface area contributed by atoms with E-state index in [1.807, 2.05) is 6.07 Å². The minimum atomic E-state index is -3.72. The molecule has 0 saturated carbocycles. The fourth-order valence-corrected chi connectivity index (χ4v) is 5.59. The first-order valence-electron chi connectivity index (χ1n) is 11.1. The monoisotopic (exact) mass is 484 g/mol. The van der Waals surface area contributed by atoms with Gasteiger partial charge in [-0.1, -0.05) is 12.1 Å². The molecule has 178 valence electrons. The van der Waals surface area contributed by atoms with Crippen molar-refractivity contribution < 1.29 is 22.7 Å².